The fourth-order valence-corrected chi connectivity index (χ4v) is 2.22. The van der Waals surface area contributed by atoms with Crippen LogP contribution in [0.4, 0.5) is 18.9 Å². The average molecular weight is 319 g/mol. The third kappa shape index (κ3) is 4.45. The number of carbonyl (C=O) groups is 1. The molecule has 0 aliphatic carbocycles. The highest BCUT2D eigenvalue weighted by atomic mass is 19.4. The van der Waals surface area contributed by atoms with Crippen LogP contribution in [-0.4, -0.2) is 12.5 Å². The van der Waals surface area contributed by atoms with Crippen molar-refractivity contribution in [3.05, 3.63) is 78.4 Å². The summed E-state index contributed by atoms with van der Waals surface area (Å²) in [5.41, 5.74) is 0.261. The lowest BCUT2D eigenvalue weighted by Crippen LogP contribution is -2.32. The van der Waals surface area contributed by atoms with Gasteiger partial charge in [0.05, 0.1) is 12.0 Å². The van der Waals surface area contributed by atoms with Crippen LogP contribution >= 0.6 is 0 Å². The van der Waals surface area contributed by atoms with Crippen LogP contribution in [0.15, 0.2) is 67.3 Å². The van der Waals surface area contributed by atoms with Crippen LogP contribution < -0.4 is 4.90 Å². The SMILES string of the molecule is C=CCN(C(=O)Cc1cccc(C(F)(F)F)c1)c1ccccc1. The van der Waals surface area contributed by atoms with Gasteiger partial charge in [0.25, 0.3) is 0 Å². The van der Waals surface area contributed by atoms with Crippen molar-refractivity contribution in [1.29, 1.82) is 0 Å². The molecule has 0 N–H and O–H groups in total. The first-order valence-electron chi connectivity index (χ1n) is 7.04. The minimum atomic E-state index is -4.42. The van der Waals surface area contributed by atoms with Gasteiger partial charge >= 0.3 is 6.18 Å². The minimum Gasteiger partial charge on any atom is -0.308 e. The van der Waals surface area contributed by atoms with E-state index in [1.54, 1.807) is 30.3 Å². The van der Waals surface area contributed by atoms with Gasteiger partial charge in [0.2, 0.25) is 5.91 Å². The lowest BCUT2D eigenvalue weighted by Gasteiger charge is -2.21. The van der Waals surface area contributed by atoms with E-state index < -0.39 is 11.7 Å². The van der Waals surface area contributed by atoms with Gasteiger partial charge in [-0.15, -0.1) is 6.58 Å². The number of rotatable bonds is 5. The fraction of sp³-hybridized carbons (Fsp3) is 0.167. The van der Waals surface area contributed by atoms with Crippen molar-refractivity contribution in [2.75, 3.05) is 11.4 Å². The van der Waals surface area contributed by atoms with Crippen LogP contribution in [0.3, 0.4) is 0 Å². The van der Waals surface area contributed by atoms with Gasteiger partial charge in [-0.3, -0.25) is 4.79 Å². The number of hydrogen-bond acceptors (Lipinski definition) is 1. The predicted octanol–water partition coefficient (Wildman–Crippen LogP) is 4.47. The Morgan fingerprint density at radius 2 is 1.78 bits per heavy atom. The lowest BCUT2D eigenvalue weighted by molar-refractivity contribution is -0.137. The molecular weight excluding hydrogens is 303 g/mol. The third-order valence-corrected chi connectivity index (χ3v) is 3.29. The summed E-state index contributed by atoms with van der Waals surface area (Å²) < 4.78 is 38.2. The number of benzene rings is 2. The predicted molar refractivity (Wildman–Crippen MR) is 84.1 cm³/mol. The molecule has 0 saturated heterocycles. The van der Waals surface area contributed by atoms with Crippen LogP contribution in [0, 0.1) is 0 Å². The van der Waals surface area contributed by atoms with E-state index >= 15 is 0 Å². The van der Waals surface area contributed by atoms with E-state index in [2.05, 4.69) is 6.58 Å². The molecular formula is C18H16F3NO. The molecule has 2 aromatic rings. The smallest absolute Gasteiger partial charge is 0.308 e. The zero-order chi connectivity index (χ0) is 16.9. The van der Waals surface area contributed by atoms with Gasteiger partial charge in [-0.1, -0.05) is 42.5 Å². The molecule has 0 aliphatic heterocycles. The Kier molecular flexibility index (Phi) is 5.21. The third-order valence-electron chi connectivity index (χ3n) is 3.29. The zero-order valence-electron chi connectivity index (χ0n) is 12.4. The van der Waals surface area contributed by atoms with Gasteiger partial charge in [-0.2, -0.15) is 13.2 Å². The van der Waals surface area contributed by atoms with E-state index in [-0.39, 0.29) is 12.3 Å². The highest BCUT2D eigenvalue weighted by Gasteiger charge is 2.30. The molecule has 0 aliphatic rings. The number of halogens is 3. The molecule has 0 aromatic heterocycles. The van der Waals surface area contributed by atoms with Gasteiger partial charge in [-0.25, -0.2) is 0 Å². The van der Waals surface area contributed by atoms with Gasteiger partial charge in [-0.05, 0) is 23.8 Å². The van der Waals surface area contributed by atoms with E-state index in [1.807, 2.05) is 6.07 Å². The molecule has 2 nitrogen and oxygen atoms in total. The van der Waals surface area contributed by atoms with Crippen LogP contribution in [-0.2, 0) is 17.4 Å². The van der Waals surface area contributed by atoms with Crippen LogP contribution in [0.5, 0.6) is 0 Å². The summed E-state index contributed by atoms with van der Waals surface area (Å²) in [6.45, 7) is 3.91. The van der Waals surface area contributed by atoms with Crippen molar-refractivity contribution < 1.29 is 18.0 Å². The summed E-state index contributed by atoms with van der Waals surface area (Å²) in [7, 11) is 0. The largest absolute Gasteiger partial charge is 0.416 e. The number of carbonyl (C=O) groups excluding carboxylic acids is 1. The number of para-hydroxylation sites is 1. The van der Waals surface area contributed by atoms with Crippen molar-refractivity contribution in [3.8, 4) is 0 Å². The molecule has 0 heterocycles. The van der Waals surface area contributed by atoms with Gasteiger partial charge in [0, 0.05) is 12.2 Å². The number of amides is 1. The normalized spacial score (nSPS) is 11.1. The molecule has 120 valence electrons. The van der Waals surface area contributed by atoms with Crippen molar-refractivity contribution in [2.45, 2.75) is 12.6 Å². The first-order valence-corrected chi connectivity index (χ1v) is 7.04. The molecule has 5 heteroatoms. The molecule has 23 heavy (non-hydrogen) atoms. The second kappa shape index (κ2) is 7.13. The molecule has 0 bridgehead atoms. The summed E-state index contributed by atoms with van der Waals surface area (Å²) in [4.78, 5) is 14.0. The van der Waals surface area contributed by atoms with E-state index in [4.69, 9.17) is 0 Å². The van der Waals surface area contributed by atoms with Crippen molar-refractivity contribution in [1.82, 2.24) is 0 Å². The highest BCUT2D eigenvalue weighted by Crippen LogP contribution is 2.29. The van der Waals surface area contributed by atoms with E-state index in [9.17, 15) is 18.0 Å². The van der Waals surface area contributed by atoms with Crippen molar-refractivity contribution in [3.63, 3.8) is 0 Å². The number of anilines is 1. The Bertz CT molecular complexity index is 680. The summed E-state index contributed by atoms with van der Waals surface area (Å²) in [5.74, 6) is -0.282. The summed E-state index contributed by atoms with van der Waals surface area (Å²) in [6, 6.07) is 13.8. The Morgan fingerprint density at radius 3 is 2.39 bits per heavy atom. The second-order valence-electron chi connectivity index (χ2n) is 5.00. The van der Waals surface area contributed by atoms with Crippen LogP contribution in [0.25, 0.3) is 0 Å². The maximum absolute atomic E-state index is 12.7. The molecule has 2 rings (SSSR count). The summed E-state index contributed by atoms with van der Waals surface area (Å²) >= 11 is 0. The molecule has 1 amide bonds. The zero-order valence-corrected chi connectivity index (χ0v) is 12.4. The average Bonchev–Trinajstić information content (AvgIpc) is 2.53. The van der Waals surface area contributed by atoms with Gasteiger partial charge in [0.15, 0.2) is 0 Å². The van der Waals surface area contributed by atoms with Crippen LogP contribution in [0.2, 0.25) is 0 Å². The number of nitrogens with zero attached hydrogens (tertiary/aromatic N) is 1. The lowest BCUT2D eigenvalue weighted by atomic mass is 10.1. The molecule has 0 radical (unpaired) electrons. The topological polar surface area (TPSA) is 20.3 Å². The highest BCUT2D eigenvalue weighted by molar-refractivity contribution is 5.95. The van der Waals surface area contributed by atoms with Crippen LogP contribution in [0.1, 0.15) is 11.1 Å². The molecule has 0 fully saturated rings. The Hall–Kier alpha value is -2.56. The Morgan fingerprint density at radius 1 is 1.09 bits per heavy atom. The quantitative estimate of drug-likeness (QED) is 0.745. The fourth-order valence-electron chi connectivity index (χ4n) is 2.22. The maximum atomic E-state index is 12.7. The monoisotopic (exact) mass is 319 g/mol. The first-order chi connectivity index (χ1) is 10.9. The van der Waals surface area contributed by atoms with Gasteiger partial charge < -0.3 is 4.90 Å². The van der Waals surface area contributed by atoms with E-state index in [1.165, 1.54) is 17.0 Å². The van der Waals surface area contributed by atoms with Crippen molar-refractivity contribution >= 4 is 11.6 Å². The Labute approximate surface area is 132 Å². The van der Waals surface area contributed by atoms with Crippen molar-refractivity contribution in [2.24, 2.45) is 0 Å². The maximum Gasteiger partial charge on any atom is 0.416 e. The Balaban J connectivity index is 2.21. The molecule has 0 saturated carbocycles. The number of alkyl halides is 3. The van der Waals surface area contributed by atoms with E-state index in [0.717, 1.165) is 12.1 Å². The molecule has 0 atom stereocenters. The molecule has 0 spiro atoms. The standard InChI is InChI=1S/C18H16F3NO/c1-2-11-22(16-9-4-3-5-10-16)17(23)13-14-7-6-8-15(12-14)18(19,20)21/h2-10,12H,1,11,13H2. The first kappa shape index (κ1) is 16.8. The minimum absolute atomic E-state index is 0.105. The summed E-state index contributed by atoms with van der Waals surface area (Å²) in [6.07, 6.45) is -2.94. The second-order valence-corrected chi connectivity index (χ2v) is 5.00. The summed E-state index contributed by atoms with van der Waals surface area (Å²) in [5, 5.41) is 0. The van der Waals surface area contributed by atoms with Gasteiger partial charge in [0.1, 0.15) is 0 Å². The molecule has 2 aromatic carbocycles. The molecule has 0 unspecified atom stereocenters. The van der Waals surface area contributed by atoms with E-state index in [0.29, 0.717) is 17.8 Å². The number of hydrogen-bond donors (Lipinski definition) is 0.